The van der Waals surface area contributed by atoms with Gasteiger partial charge in [-0.15, -0.1) is 0 Å². The Morgan fingerprint density at radius 3 is 2.79 bits per heavy atom. The van der Waals surface area contributed by atoms with Crippen LogP contribution in [-0.2, 0) is 0 Å². The van der Waals surface area contributed by atoms with Crippen LogP contribution >= 0.6 is 11.6 Å². The highest BCUT2D eigenvalue weighted by Crippen LogP contribution is 2.25. The van der Waals surface area contributed by atoms with Crippen molar-refractivity contribution in [1.82, 2.24) is 0 Å². The van der Waals surface area contributed by atoms with Crippen LogP contribution in [0.5, 0.6) is 0 Å². The molecule has 0 spiro atoms. The molecule has 0 atom stereocenters. The van der Waals surface area contributed by atoms with Crippen LogP contribution in [0.4, 0.5) is 5.69 Å². The van der Waals surface area contributed by atoms with Gasteiger partial charge in [0, 0.05) is 12.6 Å². The molecule has 0 amide bonds. The van der Waals surface area contributed by atoms with Crippen LogP contribution in [0.15, 0.2) is 24.3 Å². The average Bonchev–Trinajstić information content (AvgIpc) is 2.14. The number of nitro groups is 1. The van der Waals surface area contributed by atoms with E-state index in [4.69, 9.17) is 17.3 Å². The molecule has 74 valence electrons. The van der Waals surface area contributed by atoms with Crippen molar-refractivity contribution in [2.45, 2.75) is 0 Å². The van der Waals surface area contributed by atoms with Gasteiger partial charge in [0.25, 0.3) is 5.69 Å². The molecule has 0 saturated carbocycles. The van der Waals surface area contributed by atoms with Gasteiger partial charge in [0.1, 0.15) is 5.02 Å². The van der Waals surface area contributed by atoms with Gasteiger partial charge in [-0.25, -0.2) is 0 Å². The van der Waals surface area contributed by atoms with E-state index in [9.17, 15) is 10.1 Å². The molecule has 14 heavy (non-hydrogen) atoms. The maximum atomic E-state index is 10.4. The summed E-state index contributed by atoms with van der Waals surface area (Å²) in [7, 11) is 0. The molecule has 0 aliphatic carbocycles. The summed E-state index contributed by atoms with van der Waals surface area (Å²) in [5.74, 6) is 0. The minimum atomic E-state index is -0.515. The fourth-order valence-electron chi connectivity index (χ4n) is 0.979. The van der Waals surface area contributed by atoms with E-state index in [1.165, 1.54) is 12.1 Å². The SMILES string of the molecule is NC/C=C/c1ccc([N+](=O)[O-])c(Cl)c1. The van der Waals surface area contributed by atoms with Crippen molar-refractivity contribution in [3.63, 3.8) is 0 Å². The van der Waals surface area contributed by atoms with Gasteiger partial charge in [0.05, 0.1) is 4.92 Å². The zero-order chi connectivity index (χ0) is 10.6. The van der Waals surface area contributed by atoms with Gasteiger partial charge in [0.15, 0.2) is 0 Å². The van der Waals surface area contributed by atoms with Gasteiger partial charge < -0.3 is 5.73 Å². The molecule has 0 bridgehead atoms. The van der Waals surface area contributed by atoms with E-state index in [-0.39, 0.29) is 10.7 Å². The zero-order valence-electron chi connectivity index (χ0n) is 7.31. The largest absolute Gasteiger partial charge is 0.327 e. The van der Waals surface area contributed by atoms with Crippen LogP contribution in [0.2, 0.25) is 5.02 Å². The van der Waals surface area contributed by atoms with Crippen molar-refractivity contribution >= 4 is 23.4 Å². The molecule has 1 aromatic carbocycles. The van der Waals surface area contributed by atoms with Crippen LogP contribution in [0, 0.1) is 10.1 Å². The highest BCUT2D eigenvalue weighted by Gasteiger charge is 2.10. The summed E-state index contributed by atoms with van der Waals surface area (Å²) in [6.45, 7) is 0.425. The van der Waals surface area contributed by atoms with Gasteiger partial charge in [-0.2, -0.15) is 0 Å². The topological polar surface area (TPSA) is 69.2 Å². The maximum absolute atomic E-state index is 10.4. The second-order valence-corrected chi connectivity index (χ2v) is 3.01. The van der Waals surface area contributed by atoms with Gasteiger partial charge in [-0.1, -0.05) is 23.8 Å². The fourth-order valence-corrected chi connectivity index (χ4v) is 1.24. The van der Waals surface area contributed by atoms with E-state index >= 15 is 0 Å². The Morgan fingerprint density at radius 1 is 1.57 bits per heavy atom. The third-order valence-corrected chi connectivity index (χ3v) is 1.92. The van der Waals surface area contributed by atoms with Crippen LogP contribution in [0.25, 0.3) is 6.08 Å². The molecule has 0 aliphatic heterocycles. The molecule has 0 aliphatic rings. The van der Waals surface area contributed by atoms with Crippen molar-refractivity contribution < 1.29 is 4.92 Å². The number of halogens is 1. The van der Waals surface area contributed by atoms with Crippen LogP contribution in [0.3, 0.4) is 0 Å². The first-order chi connectivity index (χ1) is 6.65. The lowest BCUT2D eigenvalue weighted by Crippen LogP contribution is -1.92. The number of nitrogens with two attached hydrogens (primary N) is 1. The molecule has 4 nitrogen and oxygen atoms in total. The second kappa shape index (κ2) is 4.74. The molecular formula is C9H9ClN2O2. The summed E-state index contributed by atoms with van der Waals surface area (Å²) in [6.07, 6.45) is 3.51. The van der Waals surface area contributed by atoms with E-state index in [0.29, 0.717) is 6.54 Å². The van der Waals surface area contributed by atoms with Crippen molar-refractivity contribution in [2.24, 2.45) is 5.73 Å². The van der Waals surface area contributed by atoms with Crippen LogP contribution in [0.1, 0.15) is 5.56 Å². The maximum Gasteiger partial charge on any atom is 0.287 e. The first-order valence-corrected chi connectivity index (χ1v) is 4.33. The molecular weight excluding hydrogens is 204 g/mol. The Balaban J connectivity index is 3.00. The standard InChI is InChI=1S/C9H9ClN2O2/c10-8-6-7(2-1-5-11)3-4-9(8)12(13)14/h1-4,6H,5,11H2/b2-1+. The molecule has 2 N–H and O–H groups in total. The quantitative estimate of drug-likeness (QED) is 0.617. The predicted octanol–water partition coefficient (Wildman–Crippen LogP) is 2.22. The van der Waals surface area contributed by atoms with E-state index in [1.54, 1.807) is 18.2 Å². The Bertz CT molecular complexity index is 377. The minimum absolute atomic E-state index is 0.0865. The molecule has 0 radical (unpaired) electrons. The van der Waals surface area contributed by atoms with Crippen molar-refractivity contribution in [3.8, 4) is 0 Å². The summed E-state index contributed by atoms with van der Waals surface area (Å²) >= 11 is 5.70. The summed E-state index contributed by atoms with van der Waals surface area (Å²) < 4.78 is 0. The lowest BCUT2D eigenvalue weighted by molar-refractivity contribution is -0.384. The highest BCUT2D eigenvalue weighted by atomic mass is 35.5. The average molecular weight is 213 g/mol. The molecule has 5 heteroatoms. The lowest BCUT2D eigenvalue weighted by atomic mass is 10.2. The summed E-state index contributed by atoms with van der Waals surface area (Å²) in [4.78, 5) is 9.92. The van der Waals surface area contributed by atoms with Gasteiger partial charge in [0.2, 0.25) is 0 Å². The molecule has 0 unspecified atom stereocenters. The monoisotopic (exact) mass is 212 g/mol. The first-order valence-electron chi connectivity index (χ1n) is 3.95. The molecule has 0 fully saturated rings. The predicted molar refractivity (Wildman–Crippen MR) is 56.2 cm³/mol. The summed E-state index contributed by atoms with van der Waals surface area (Å²) in [6, 6.07) is 4.53. The molecule has 0 aromatic heterocycles. The van der Waals surface area contributed by atoms with Gasteiger partial charge in [-0.3, -0.25) is 10.1 Å². The van der Waals surface area contributed by atoms with Crippen molar-refractivity contribution in [1.29, 1.82) is 0 Å². The fraction of sp³-hybridized carbons (Fsp3) is 0.111. The smallest absolute Gasteiger partial charge is 0.287 e. The van der Waals surface area contributed by atoms with Crippen LogP contribution < -0.4 is 5.73 Å². The number of hydrogen-bond donors (Lipinski definition) is 1. The van der Waals surface area contributed by atoms with E-state index < -0.39 is 4.92 Å². The van der Waals surface area contributed by atoms with Crippen molar-refractivity contribution in [3.05, 3.63) is 45.0 Å². The number of rotatable bonds is 3. The Morgan fingerprint density at radius 2 is 2.29 bits per heavy atom. The molecule has 1 aromatic rings. The van der Waals surface area contributed by atoms with E-state index in [1.807, 2.05) is 0 Å². The van der Waals surface area contributed by atoms with Crippen molar-refractivity contribution in [2.75, 3.05) is 6.54 Å². The number of hydrogen-bond acceptors (Lipinski definition) is 3. The Labute approximate surface area is 86.1 Å². The Hall–Kier alpha value is -1.39. The lowest BCUT2D eigenvalue weighted by Gasteiger charge is -1.96. The molecule has 0 saturated heterocycles. The third kappa shape index (κ3) is 2.55. The number of nitrogens with zero attached hydrogens (tertiary/aromatic N) is 1. The third-order valence-electron chi connectivity index (χ3n) is 1.61. The number of benzene rings is 1. The molecule has 0 heterocycles. The zero-order valence-corrected chi connectivity index (χ0v) is 8.07. The summed E-state index contributed by atoms with van der Waals surface area (Å²) in [5.41, 5.74) is 5.98. The first kappa shape index (κ1) is 10.7. The minimum Gasteiger partial charge on any atom is -0.327 e. The van der Waals surface area contributed by atoms with E-state index in [2.05, 4.69) is 0 Å². The second-order valence-electron chi connectivity index (χ2n) is 2.61. The van der Waals surface area contributed by atoms with Gasteiger partial charge in [-0.05, 0) is 17.7 Å². The Kier molecular flexibility index (Phi) is 3.62. The number of nitro benzene ring substituents is 1. The highest BCUT2D eigenvalue weighted by molar-refractivity contribution is 6.32. The van der Waals surface area contributed by atoms with Crippen LogP contribution in [-0.4, -0.2) is 11.5 Å². The summed E-state index contributed by atoms with van der Waals surface area (Å²) in [5, 5.41) is 10.6. The molecule has 1 rings (SSSR count). The van der Waals surface area contributed by atoms with E-state index in [0.717, 1.165) is 5.56 Å². The normalized spacial score (nSPS) is 10.7. The van der Waals surface area contributed by atoms with Gasteiger partial charge >= 0.3 is 0 Å².